The molecule has 0 amide bonds. The summed E-state index contributed by atoms with van der Waals surface area (Å²) in [6, 6.07) is 16.5. The molecular weight excluding hydrogens is 318 g/mol. The fourth-order valence-electron chi connectivity index (χ4n) is 3.47. The Bertz CT molecular complexity index is 898. The van der Waals surface area contributed by atoms with Gasteiger partial charge in [0, 0.05) is 6.42 Å². The number of allylic oxidation sites excluding steroid dienone is 4. The van der Waals surface area contributed by atoms with Crippen LogP contribution >= 0.6 is 0 Å². The van der Waals surface area contributed by atoms with Crippen molar-refractivity contribution in [2.24, 2.45) is 4.99 Å². The Morgan fingerprint density at radius 2 is 1.62 bits per heavy atom. The van der Waals surface area contributed by atoms with Crippen molar-refractivity contribution in [2.75, 3.05) is 7.11 Å². The minimum atomic E-state index is 0.853. The number of rotatable bonds is 5. The Kier molecular flexibility index (Phi) is 5.41. The predicted molar refractivity (Wildman–Crippen MR) is 111 cm³/mol. The van der Waals surface area contributed by atoms with E-state index in [0.717, 1.165) is 30.0 Å². The van der Waals surface area contributed by atoms with Crippen LogP contribution in [-0.4, -0.2) is 12.8 Å². The van der Waals surface area contributed by atoms with E-state index < -0.39 is 0 Å². The lowest BCUT2D eigenvalue weighted by atomic mass is 9.95. The van der Waals surface area contributed by atoms with Crippen LogP contribution in [0.25, 0.3) is 0 Å². The van der Waals surface area contributed by atoms with E-state index in [1.807, 2.05) is 24.3 Å². The number of hydrogen-bond donors (Lipinski definition) is 0. The van der Waals surface area contributed by atoms with Crippen molar-refractivity contribution in [1.29, 1.82) is 0 Å². The quantitative estimate of drug-likeness (QED) is 0.561. The van der Waals surface area contributed by atoms with E-state index in [4.69, 9.17) is 9.73 Å². The van der Waals surface area contributed by atoms with E-state index in [9.17, 15) is 0 Å². The van der Waals surface area contributed by atoms with Crippen LogP contribution in [0.1, 0.15) is 44.7 Å². The van der Waals surface area contributed by atoms with E-state index in [1.165, 1.54) is 33.4 Å². The highest BCUT2D eigenvalue weighted by Gasteiger charge is 2.18. The first-order chi connectivity index (χ1) is 12.5. The second-order valence-corrected chi connectivity index (χ2v) is 7.06. The Labute approximate surface area is 156 Å². The third-order valence-electron chi connectivity index (χ3n) is 5.38. The normalized spacial score (nSPS) is 15.0. The first-order valence-corrected chi connectivity index (χ1v) is 9.12. The van der Waals surface area contributed by atoms with Crippen molar-refractivity contribution in [3.8, 4) is 5.75 Å². The number of hydrogen-bond acceptors (Lipinski definition) is 2. The fraction of sp³-hybridized carbons (Fsp3) is 0.292. The van der Waals surface area contributed by atoms with Gasteiger partial charge in [0.25, 0.3) is 0 Å². The lowest BCUT2D eigenvalue weighted by Crippen LogP contribution is -2.05. The van der Waals surface area contributed by atoms with Crippen molar-refractivity contribution in [1.82, 2.24) is 0 Å². The molecular formula is C24H27NO. The average Bonchev–Trinajstić information content (AvgIpc) is 2.89. The lowest BCUT2D eigenvalue weighted by Gasteiger charge is -2.13. The zero-order valence-electron chi connectivity index (χ0n) is 16.4. The largest absolute Gasteiger partial charge is 0.497 e. The molecule has 0 aliphatic heterocycles. The molecule has 2 aromatic rings. The molecule has 0 aromatic heterocycles. The van der Waals surface area contributed by atoms with E-state index >= 15 is 0 Å². The van der Waals surface area contributed by atoms with Gasteiger partial charge < -0.3 is 4.74 Å². The lowest BCUT2D eigenvalue weighted by molar-refractivity contribution is 0.415. The van der Waals surface area contributed by atoms with Crippen molar-refractivity contribution in [2.45, 2.75) is 40.5 Å². The summed E-state index contributed by atoms with van der Waals surface area (Å²) in [5.74, 6) is 0.853. The molecule has 0 spiro atoms. The highest BCUT2D eigenvalue weighted by atomic mass is 16.5. The summed E-state index contributed by atoms with van der Waals surface area (Å²) in [6.07, 6.45) is 1.95. The summed E-state index contributed by atoms with van der Waals surface area (Å²) in [4.78, 5) is 5.02. The molecule has 0 unspecified atom stereocenters. The van der Waals surface area contributed by atoms with Crippen LogP contribution in [0.2, 0.25) is 0 Å². The maximum Gasteiger partial charge on any atom is 0.119 e. The maximum absolute atomic E-state index is 5.26. The Morgan fingerprint density at radius 1 is 0.923 bits per heavy atom. The molecule has 0 N–H and O–H groups in total. The SMILES string of the molecule is COc1ccc(N=C(CC2=C(C)C(C)=C(C)C2)c2ccccc2C)cc1. The van der Waals surface area contributed by atoms with Gasteiger partial charge in [0.15, 0.2) is 0 Å². The molecule has 0 saturated heterocycles. The molecule has 134 valence electrons. The van der Waals surface area contributed by atoms with Gasteiger partial charge in [-0.15, -0.1) is 0 Å². The molecule has 3 rings (SSSR count). The summed E-state index contributed by atoms with van der Waals surface area (Å²) in [5.41, 5.74) is 10.4. The van der Waals surface area contributed by atoms with E-state index in [0.29, 0.717) is 0 Å². The highest BCUT2D eigenvalue weighted by Crippen LogP contribution is 2.35. The molecule has 2 heteroatoms. The molecule has 2 aromatic carbocycles. The summed E-state index contributed by atoms with van der Waals surface area (Å²) < 4.78 is 5.26. The number of benzene rings is 2. The van der Waals surface area contributed by atoms with Crippen LogP contribution in [0.5, 0.6) is 5.75 Å². The second kappa shape index (κ2) is 7.74. The molecule has 1 aliphatic carbocycles. The minimum Gasteiger partial charge on any atom is -0.497 e. The molecule has 0 fully saturated rings. The molecule has 26 heavy (non-hydrogen) atoms. The van der Waals surface area contributed by atoms with E-state index in [1.54, 1.807) is 7.11 Å². The third-order valence-corrected chi connectivity index (χ3v) is 5.38. The van der Waals surface area contributed by atoms with Crippen molar-refractivity contribution in [3.05, 3.63) is 82.0 Å². The first-order valence-electron chi connectivity index (χ1n) is 9.12. The molecule has 0 heterocycles. The van der Waals surface area contributed by atoms with Gasteiger partial charge in [-0.25, -0.2) is 0 Å². The maximum atomic E-state index is 5.26. The summed E-state index contributed by atoms with van der Waals surface area (Å²) in [5, 5.41) is 0. The number of nitrogens with zero attached hydrogens (tertiary/aromatic N) is 1. The molecule has 2 nitrogen and oxygen atoms in total. The van der Waals surface area contributed by atoms with E-state index in [-0.39, 0.29) is 0 Å². The Hall–Kier alpha value is -2.61. The summed E-state index contributed by atoms with van der Waals surface area (Å²) in [6.45, 7) is 8.86. The van der Waals surface area contributed by atoms with Gasteiger partial charge in [0.05, 0.1) is 18.5 Å². The van der Waals surface area contributed by atoms with Crippen LogP contribution in [0, 0.1) is 6.92 Å². The minimum absolute atomic E-state index is 0.853. The molecule has 0 radical (unpaired) electrons. The summed E-state index contributed by atoms with van der Waals surface area (Å²) in [7, 11) is 1.68. The van der Waals surface area contributed by atoms with Crippen LogP contribution in [0.3, 0.4) is 0 Å². The smallest absolute Gasteiger partial charge is 0.119 e. The number of ether oxygens (including phenoxy) is 1. The van der Waals surface area contributed by atoms with Gasteiger partial charge in [-0.3, -0.25) is 4.99 Å². The monoisotopic (exact) mass is 345 g/mol. The Morgan fingerprint density at radius 3 is 2.19 bits per heavy atom. The zero-order valence-corrected chi connectivity index (χ0v) is 16.4. The summed E-state index contributed by atoms with van der Waals surface area (Å²) >= 11 is 0. The van der Waals surface area contributed by atoms with Crippen molar-refractivity contribution < 1.29 is 4.74 Å². The number of methoxy groups -OCH3 is 1. The second-order valence-electron chi connectivity index (χ2n) is 7.06. The van der Waals surface area contributed by atoms with E-state index in [2.05, 4.69) is 52.0 Å². The van der Waals surface area contributed by atoms with Gasteiger partial charge in [0.2, 0.25) is 0 Å². The van der Waals surface area contributed by atoms with Gasteiger partial charge in [-0.05, 0) is 80.7 Å². The van der Waals surface area contributed by atoms with Gasteiger partial charge in [-0.2, -0.15) is 0 Å². The Balaban J connectivity index is 2.00. The van der Waals surface area contributed by atoms with Crippen molar-refractivity contribution >= 4 is 11.4 Å². The first kappa shape index (κ1) is 18.2. The highest BCUT2D eigenvalue weighted by molar-refractivity contribution is 6.04. The third kappa shape index (κ3) is 3.80. The van der Waals surface area contributed by atoms with Crippen LogP contribution in [0.15, 0.2) is 75.8 Å². The standard InChI is InChI=1S/C24H27NO/c1-16-8-6-7-9-23(16)24(15-20-14-17(2)18(3)19(20)4)25-21-10-12-22(26-5)13-11-21/h6-13H,14-15H2,1-5H3. The molecule has 0 atom stereocenters. The number of aryl methyl sites for hydroxylation is 1. The van der Waals surface area contributed by atoms with Crippen molar-refractivity contribution in [3.63, 3.8) is 0 Å². The van der Waals surface area contributed by atoms with Crippen LogP contribution in [0.4, 0.5) is 5.69 Å². The number of aliphatic imine (C=N–C) groups is 1. The molecule has 0 saturated carbocycles. The van der Waals surface area contributed by atoms with Gasteiger partial charge in [0.1, 0.15) is 5.75 Å². The fourth-order valence-corrected chi connectivity index (χ4v) is 3.47. The molecule has 1 aliphatic rings. The average molecular weight is 345 g/mol. The van der Waals surface area contributed by atoms with Crippen LogP contribution in [-0.2, 0) is 0 Å². The molecule has 0 bridgehead atoms. The zero-order chi connectivity index (χ0) is 18.7. The topological polar surface area (TPSA) is 21.6 Å². The van der Waals surface area contributed by atoms with Gasteiger partial charge in [-0.1, -0.05) is 35.4 Å². The van der Waals surface area contributed by atoms with Crippen LogP contribution < -0.4 is 4.74 Å². The predicted octanol–water partition coefficient (Wildman–Crippen LogP) is 6.57. The van der Waals surface area contributed by atoms with Gasteiger partial charge >= 0.3 is 0 Å².